The molecule has 1 N–H and O–H groups in total. The second kappa shape index (κ2) is 6.54. The average Bonchev–Trinajstić information content (AvgIpc) is 2.58. The first-order valence-corrected chi connectivity index (χ1v) is 8.52. The van der Waals surface area contributed by atoms with Crippen LogP contribution in [0.15, 0.2) is 42.5 Å². The first-order valence-electron chi connectivity index (χ1n) is 8.15. The minimum atomic E-state index is -0.724. The molecule has 0 heterocycles. The largest absolute Gasteiger partial charge is 0.497 e. The van der Waals surface area contributed by atoms with Crippen LogP contribution < -0.4 is 4.74 Å². The molecule has 0 bridgehead atoms. The van der Waals surface area contributed by atoms with Crippen molar-refractivity contribution in [2.45, 2.75) is 44.1 Å². The van der Waals surface area contributed by atoms with Gasteiger partial charge in [-0.3, -0.25) is 0 Å². The number of halogens is 1. The van der Waals surface area contributed by atoms with E-state index in [0.29, 0.717) is 5.92 Å². The van der Waals surface area contributed by atoms with Crippen LogP contribution in [0.4, 0.5) is 0 Å². The van der Waals surface area contributed by atoms with Crippen molar-refractivity contribution in [1.82, 2.24) is 0 Å². The van der Waals surface area contributed by atoms with E-state index in [9.17, 15) is 5.11 Å². The van der Waals surface area contributed by atoms with Gasteiger partial charge < -0.3 is 9.84 Å². The zero-order valence-corrected chi connectivity index (χ0v) is 14.4. The Morgan fingerprint density at radius 3 is 2.30 bits per heavy atom. The topological polar surface area (TPSA) is 29.5 Å². The van der Waals surface area contributed by atoms with Crippen molar-refractivity contribution in [2.75, 3.05) is 7.11 Å². The summed E-state index contributed by atoms with van der Waals surface area (Å²) in [4.78, 5) is 0. The number of benzene rings is 2. The Balaban J connectivity index is 1.72. The number of hydrogen-bond donors (Lipinski definition) is 1. The van der Waals surface area contributed by atoms with Crippen molar-refractivity contribution >= 4 is 11.6 Å². The van der Waals surface area contributed by atoms with Gasteiger partial charge in [-0.2, -0.15) is 0 Å². The zero-order valence-electron chi connectivity index (χ0n) is 13.7. The molecule has 0 aliphatic heterocycles. The molecule has 2 aromatic carbocycles. The molecule has 0 atom stereocenters. The lowest BCUT2D eigenvalue weighted by molar-refractivity contribution is -0.00571. The average molecular weight is 331 g/mol. The van der Waals surface area contributed by atoms with Gasteiger partial charge in [-0.25, -0.2) is 0 Å². The monoisotopic (exact) mass is 330 g/mol. The minimum absolute atomic E-state index is 0.509. The highest BCUT2D eigenvalue weighted by Gasteiger charge is 2.35. The molecule has 0 amide bonds. The SMILES string of the molecule is COc1ccc(C2CCC(O)(c3ccc(Cl)c(C)c3)CC2)cc1. The number of aliphatic hydroxyl groups is 1. The molecule has 3 heteroatoms. The lowest BCUT2D eigenvalue weighted by atomic mass is 9.73. The van der Waals surface area contributed by atoms with E-state index in [1.807, 2.05) is 37.3 Å². The molecule has 1 saturated carbocycles. The summed E-state index contributed by atoms with van der Waals surface area (Å²) in [5, 5.41) is 11.8. The second-order valence-corrected chi connectivity index (χ2v) is 6.95. The summed E-state index contributed by atoms with van der Waals surface area (Å²) in [6.07, 6.45) is 3.55. The van der Waals surface area contributed by atoms with E-state index in [4.69, 9.17) is 16.3 Å². The highest BCUT2D eigenvalue weighted by atomic mass is 35.5. The van der Waals surface area contributed by atoms with Crippen LogP contribution in [0.25, 0.3) is 0 Å². The van der Waals surface area contributed by atoms with Gasteiger partial charge in [0.1, 0.15) is 5.75 Å². The van der Waals surface area contributed by atoms with Gasteiger partial charge in [0.2, 0.25) is 0 Å². The van der Waals surface area contributed by atoms with Gasteiger partial charge in [-0.15, -0.1) is 0 Å². The molecule has 1 fully saturated rings. The molecule has 0 radical (unpaired) electrons. The molecular formula is C20H23ClO2. The maximum atomic E-state index is 11.0. The van der Waals surface area contributed by atoms with Crippen LogP contribution >= 0.6 is 11.6 Å². The lowest BCUT2D eigenvalue weighted by Gasteiger charge is -2.37. The predicted molar refractivity (Wildman–Crippen MR) is 94.3 cm³/mol. The number of rotatable bonds is 3. The van der Waals surface area contributed by atoms with Crippen molar-refractivity contribution in [1.29, 1.82) is 0 Å². The number of aryl methyl sites for hydroxylation is 1. The fraction of sp³-hybridized carbons (Fsp3) is 0.400. The van der Waals surface area contributed by atoms with E-state index in [0.717, 1.165) is 47.6 Å². The number of ether oxygens (including phenoxy) is 1. The molecule has 2 aromatic rings. The smallest absolute Gasteiger partial charge is 0.118 e. The van der Waals surface area contributed by atoms with E-state index in [-0.39, 0.29) is 0 Å². The summed E-state index contributed by atoms with van der Waals surface area (Å²) in [7, 11) is 1.68. The molecule has 0 aromatic heterocycles. The summed E-state index contributed by atoms with van der Waals surface area (Å²) >= 11 is 6.10. The highest BCUT2D eigenvalue weighted by molar-refractivity contribution is 6.31. The second-order valence-electron chi connectivity index (χ2n) is 6.54. The van der Waals surface area contributed by atoms with E-state index >= 15 is 0 Å². The van der Waals surface area contributed by atoms with Crippen LogP contribution in [0.1, 0.15) is 48.3 Å². The Bertz CT molecular complexity index is 671. The molecule has 23 heavy (non-hydrogen) atoms. The van der Waals surface area contributed by atoms with Crippen LogP contribution in [0, 0.1) is 6.92 Å². The summed E-state index contributed by atoms with van der Waals surface area (Å²) in [6.45, 7) is 1.98. The summed E-state index contributed by atoms with van der Waals surface area (Å²) in [5.41, 5.74) is 2.63. The third kappa shape index (κ3) is 3.39. The Hall–Kier alpha value is -1.51. The first kappa shape index (κ1) is 16.4. The molecule has 122 valence electrons. The summed E-state index contributed by atoms with van der Waals surface area (Å²) < 4.78 is 5.22. The summed E-state index contributed by atoms with van der Waals surface area (Å²) in [6, 6.07) is 14.2. The molecule has 0 saturated heterocycles. The van der Waals surface area contributed by atoms with Gasteiger partial charge in [0.05, 0.1) is 12.7 Å². The molecule has 0 unspecified atom stereocenters. The van der Waals surface area contributed by atoms with Crippen molar-refractivity contribution < 1.29 is 9.84 Å². The van der Waals surface area contributed by atoms with Crippen molar-refractivity contribution in [2.24, 2.45) is 0 Å². The van der Waals surface area contributed by atoms with Gasteiger partial charge in [0.15, 0.2) is 0 Å². The van der Waals surface area contributed by atoms with Crippen molar-refractivity contribution in [3.05, 3.63) is 64.2 Å². The minimum Gasteiger partial charge on any atom is -0.497 e. The van der Waals surface area contributed by atoms with Crippen LogP contribution in [0.5, 0.6) is 5.75 Å². The molecule has 3 rings (SSSR count). The van der Waals surface area contributed by atoms with E-state index in [1.54, 1.807) is 7.11 Å². The molecule has 1 aliphatic rings. The van der Waals surface area contributed by atoms with Gasteiger partial charge in [-0.1, -0.05) is 35.9 Å². The zero-order chi connectivity index (χ0) is 16.4. The Labute approximate surface area is 143 Å². The Morgan fingerprint density at radius 2 is 1.74 bits per heavy atom. The standard InChI is InChI=1S/C20H23ClO2/c1-14-13-17(5-8-19(14)21)20(22)11-9-16(10-12-20)15-3-6-18(23-2)7-4-15/h3-8,13,16,22H,9-12H2,1-2H3. The van der Waals surface area contributed by atoms with Crippen molar-refractivity contribution in [3.8, 4) is 5.75 Å². The Kier molecular flexibility index (Phi) is 4.65. The quantitative estimate of drug-likeness (QED) is 0.837. The third-order valence-electron chi connectivity index (χ3n) is 5.10. The van der Waals surface area contributed by atoms with Crippen LogP contribution in [-0.2, 0) is 5.60 Å². The lowest BCUT2D eigenvalue weighted by Crippen LogP contribution is -2.31. The van der Waals surface area contributed by atoms with Gasteiger partial charge in [0, 0.05) is 5.02 Å². The molecular weight excluding hydrogens is 308 g/mol. The van der Waals surface area contributed by atoms with Crippen LogP contribution in [0.2, 0.25) is 5.02 Å². The molecule has 2 nitrogen and oxygen atoms in total. The van der Waals surface area contributed by atoms with E-state index in [2.05, 4.69) is 12.1 Å². The first-order chi connectivity index (χ1) is 11.0. The van der Waals surface area contributed by atoms with E-state index < -0.39 is 5.60 Å². The van der Waals surface area contributed by atoms with Gasteiger partial charge in [0.25, 0.3) is 0 Å². The van der Waals surface area contributed by atoms with E-state index in [1.165, 1.54) is 5.56 Å². The van der Waals surface area contributed by atoms with Crippen LogP contribution in [-0.4, -0.2) is 12.2 Å². The fourth-order valence-electron chi connectivity index (χ4n) is 3.53. The number of hydrogen-bond acceptors (Lipinski definition) is 2. The normalized spacial score (nSPS) is 24.4. The van der Waals surface area contributed by atoms with Crippen LogP contribution in [0.3, 0.4) is 0 Å². The molecule has 1 aliphatic carbocycles. The highest BCUT2D eigenvalue weighted by Crippen LogP contribution is 2.44. The third-order valence-corrected chi connectivity index (χ3v) is 5.52. The van der Waals surface area contributed by atoms with Crippen molar-refractivity contribution in [3.63, 3.8) is 0 Å². The van der Waals surface area contributed by atoms with Gasteiger partial charge >= 0.3 is 0 Å². The predicted octanol–water partition coefficient (Wildman–Crippen LogP) is 5.20. The number of methoxy groups -OCH3 is 1. The Morgan fingerprint density at radius 1 is 1.09 bits per heavy atom. The van der Waals surface area contributed by atoms with Gasteiger partial charge in [-0.05, 0) is 73.4 Å². The maximum Gasteiger partial charge on any atom is 0.118 e. The summed E-state index contributed by atoms with van der Waals surface area (Å²) in [5.74, 6) is 1.40. The fourth-order valence-corrected chi connectivity index (χ4v) is 3.65. The molecule has 0 spiro atoms. The maximum absolute atomic E-state index is 11.0.